The van der Waals surface area contributed by atoms with Crippen molar-refractivity contribution in [3.63, 3.8) is 0 Å². The average Bonchev–Trinajstić information content (AvgIpc) is 2.78. The molecule has 0 bridgehead atoms. The summed E-state index contributed by atoms with van der Waals surface area (Å²) in [5.74, 6) is -3.01. The third-order valence-electron chi connectivity index (χ3n) is 3.88. The van der Waals surface area contributed by atoms with Crippen molar-refractivity contribution < 1.29 is 19.2 Å². The molecule has 0 radical (unpaired) electrons. The minimum absolute atomic E-state index is 0.00934. The van der Waals surface area contributed by atoms with Crippen LogP contribution in [0.25, 0.3) is 0 Å². The number of nitrogens with zero attached hydrogens (tertiary/aromatic N) is 1. The van der Waals surface area contributed by atoms with E-state index in [1.54, 1.807) is 48.5 Å². The molecule has 0 aliphatic heterocycles. The summed E-state index contributed by atoms with van der Waals surface area (Å²) in [6, 6.07) is 17.6. The van der Waals surface area contributed by atoms with E-state index in [9.17, 15) is 19.2 Å². The molecule has 0 saturated heterocycles. The van der Waals surface area contributed by atoms with Crippen molar-refractivity contribution in [2.75, 3.05) is 5.32 Å². The molecule has 0 atom stereocenters. The lowest BCUT2D eigenvalue weighted by atomic mass is 10.1. The van der Waals surface area contributed by atoms with Crippen LogP contribution >= 0.6 is 0 Å². The monoisotopic (exact) mass is 388 g/mol. The molecule has 29 heavy (non-hydrogen) atoms. The number of carbonyl (C=O) groups is 4. The van der Waals surface area contributed by atoms with E-state index in [1.807, 2.05) is 0 Å². The molecule has 0 fully saturated rings. The lowest BCUT2D eigenvalue weighted by Crippen LogP contribution is -2.45. The van der Waals surface area contributed by atoms with Gasteiger partial charge in [0.1, 0.15) is 0 Å². The van der Waals surface area contributed by atoms with Crippen LogP contribution in [0.2, 0.25) is 0 Å². The summed E-state index contributed by atoms with van der Waals surface area (Å²) in [6.07, 6.45) is 2.82. The molecule has 3 aromatic rings. The Hall–Kier alpha value is -4.33. The number of benzene rings is 2. The van der Waals surface area contributed by atoms with Gasteiger partial charge in [-0.1, -0.05) is 30.3 Å². The molecule has 0 spiro atoms. The number of carbonyl (C=O) groups excluding carboxylic acids is 4. The van der Waals surface area contributed by atoms with Gasteiger partial charge >= 0.3 is 5.91 Å². The third-order valence-corrected chi connectivity index (χ3v) is 3.88. The number of hydrogen-bond donors (Lipinski definition) is 3. The van der Waals surface area contributed by atoms with Gasteiger partial charge in [0.2, 0.25) is 0 Å². The Morgan fingerprint density at radius 2 is 1.38 bits per heavy atom. The summed E-state index contributed by atoms with van der Waals surface area (Å²) in [4.78, 5) is 52.8. The fourth-order valence-corrected chi connectivity index (χ4v) is 2.44. The first-order chi connectivity index (χ1) is 14.1. The molecule has 0 unspecified atom stereocenters. The largest absolute Gasteiger partial charge is 0.321 e. The number of ketones is 1. The van der Waals surface area contributed by atoms with E-state index in [1.165, 1.54) is 30.6 Å². The van der Waals surface area contributed by atoms with Gasteiger partial charge in [-0.3, -0.25) is 35.0 Å². The van der Waals surface area contributed by atoms with Crippen LogP contribution in [0, 0.1) is 0 Å². The molecule has 8 heteroatoms. The Labute approximate surface area is 165 Å². The number of hydrogen-bond acceptors (Lipinski definition) is 5. The Balaban J connectivity index is 1.68. The number of anilines is 1. The topological polar surface area (TPSA) is 117 Å². The van der Waals surface area contributed by atoms with E-state index < -0.39 is 23.5 Å². The highest BCUT2D eigenvalue weighted by Crippen LogP contribution is 2.17. The van der Waals surface area contributed by atoms with Crippen molar-refractivity contribution >= 4 is 29.2 Å². The van der Waals surface area contributed by atoms with E-state index in [-0.39, 0.29) is 16.8 Å². The van der Waals surface area contributed by atoms with Crippen LogP contribution in [0.5, 0.6) is 0 Å². The summed E-state index contributed by atoms with van der Waals surface area (Å²) < 4.78 is 0. The Bertz CT molecular complexity index is 1050. The molecule has 3 rings (SSSR count). The van der Waals surface area contributed by atoms with Crippen LogP contribution < -0.4 is 16.2 Å². The Kier molecular flexibility index (Phi) is 6.06. The number of para-hydroxylation sites is 1. The van der Waals surface area contributed by atoms with E-state index in [0.717, 1.165) is 0 Å². The Morgan fingerprint density at radius 1 is 0.690 bits per heavy atom. The van der Waals surface area contributed by atoms with Gasteiger partial charge in [0.25, 0.3) is 17.6 Å². The number of Topliss-reactive ketones (excluding diaryl/α,β-unsaturated/α-hetero) is 1. The normalized spacial score (nSPS) is 9.93. The molecule has 3 amide bonds. The van der Waals surface area contributed by atoms with Gasteiger partial charge in [-0.25, -0.2) is 0 Å². The van der Waals surface area contributed by atoms with Crippen LogP contribution in [-0.2, 0) is 4.79 Å². The number of nitrogens with one attached hydrogen (secondary N) is 3. The summed E-state index contributed by atoms with van der Waals surface area (Å²) in [5.41, 5.74) is 5.01. The van der Waals surface area contributed by atoms with Crippen molar-refractivity contribution in [2.45, 2.75) is 0 Å². The molecule has 0 saturated carbocycles. The maximum absolute atomic E-state index is 12.5. The van der Waals surface area contributed by atoms with Crippen LogP contribution in [0.15, 0.2) is 79.1 Å². The standard InChI is InChI=1S/C21H16N4O4/c26-18(21(29)25-24-20(28)15-9-6-12-22-13-15)16-10-4-5-11-17(16)23-19(27)14-7-2-1-3-8-14/h1-13H,(H,23,27)(H,24,28)(H,25,29). The molecule has 3 N–H and O–H groups in total. The minimum Gasteiger partial charge on any atom is -0.321 e. The first-order valence-corrected chi connectivity index (χ1v) is 8.56. The minimum atomic E-state index is -1.05. The summed E-state index contributed by atoms with van der Waals surface area (Å²) in [5, 5.41) is 2.62. The second-order valence-electron chi connectivity index (χ2n) is 5.84. The fraction of sp³-hybridized carbons (Fsp3) is 0. The number of hydrazine groups is 1. The zero-order chi connectivity index (χ0) is 20.6. The molecule has 1 heterocycles. The van der Waals surface area contributed by atoms with E-state index in [2.05, 4.69) is 21.2 Å². The van der Waals surface area contributed by atoms with Gasteiger partial charge in [0, 0.05) is 18.0 Å². The maximum Gasteiger partial charge on any atom is 0.310 e. The maximum atomic E-state index is 12.5. The van der Waals surface area contributed by atoms with Crippen LogP contribution in [0.4, 0.5) is 5.69 Å². The molecular weight excluding hydrogens is 372 g/mol. The zero-order valence-corrected chi connectivity index (χ0v) is 15.1. The highest BCUT2D eigenvalue weighted by molar-refractivity contribution is 6.44. The van der Waals surface area contributed by atoms with Crippen molar-refractivity contribution in [2.24, 2.45) is 0 Å². The second kappa shape index (κ2) is 9.05. The quantitative estimate of drug-likeness (QED) is 0.351. The van der Waals surface area contributed by atoms with Crippen LogP contribution in [0.1, 0.15) is 31.1 Å². The van der Waals surface area contributed by atoms with Crippen LogP contribution in [0.3, 0.4) is 0 Å². The number of rotatable bonds is 5. The highest BCUT2D eigenvalue weighted by Gasteiger charge is 2.21. The van der Waals surface area contributed by atoms with Gasteiger partial charge < -0.3 is 5.32 Å². The molecule has 2 aromatic carbocycles. The molecule has 8 nitrogen and oxygen atoms in total. The molecular formula is C21H16N4O4. The van der Waals surface area contributed by atoms with Crippen molar-refractivity contribution in [1.82, 2.24) is 15.8 Å². The van der Waals surface area contributed by atoms with Gasteiger partial charge in [-0.05, 0) is 36.4 Å². The summed E-state index contributed by atoms with van der Waals surface area (Å²) >= 11 is 0. The fourth-order valence-electron chi connectivity index (χ4n) is 2.44. The zero-order valence-electron chi connectivity index (χ0n) is 15.1. The first kappa shape index (κ1) is 19.4. The van der Waals surface area contributed by atoms with Gasteiger partial charge in [0.15, 0.2) is 0 Å². The summed E-state index contributed by atoms with van der Waals surface area (Å²) in [6.45, 7) is 0. The SMILES string of the molecule is O=C(NNC(=O)c1cccnc1)C(=O)c1ccccc1NC(=O)c1ccccc1. The van der Waals surface area contributed by atoms with E-state index in [4.69, 9.17) is 0 Å². The van der Waals surface area contributed by atoms with Crippen molar-refractivity contribution in [3.05, 3.63) is 95.8 Å². The number of pyridine rings is 1. The molecule has 144 valence electrons. The predicted molar refractivity (Wildman–Crippen MR) is 105 cm³/mol. The van der Waals surface area contributed by atoms with E-state index in [0.29, 0.717) is 5.56 Å². The van der Waals surface area contributed by atoms with Gasteiger partial charge in [-0.2, -0.15) is 0 Å². The van der Waals surface area contributed by atoms with E-state index >= 15 is 0 Å². The lowest BCUT2D eigenvalue weighted by Gasteiger charge is -2.11. The van der Waals surface area contributed by atoms with Crippen molar-refractivity contribution in [3.8, 4) is 0 Å². The lowest BCUT2D eigenvalue weighted by molar-refractivity contribution is -0.117. The van der Waals surface area contributed by atoms with Crippen LogP contribution in [-0.4, -0.2) is 28.5 Å². The van der Waals surface area contributed by atoms with Gasteiger partial charge in [0.05, 0.1) is 16.8 Å². The first-order valence-electron chi connectivity index (χ1n) is 8.56. The highest BCUT2D eigenvalue weighted by atomic mass is 16.2. The Morgan fingerprint density at radius 3 is 2.10 bits per heavy atom. The third kappa shape index (κ3) is 4.89. The number of amides is 3. The second-order valence-corrected chi connectivity index (χ2v) is 5.84. The number of aromatic nitrogens is 1. The smallest absolute Gasteiger partial charge is 0.310 e. The van der Waals surface area contributed by atoms with Crippen molar-refractivity contribution in [1.29, 1.82) is 0 Å². The molecule has 0 aliphatic rings. The summed E-state index contributed by atoms with van der Waals surface area (Å²) in [7, 11) is 0. The average molecular weight is 388 g/mol. The predicted octanol–water partition coefficient (Wildman–Crippen LogP) is 1.98. The molecule has 1 aromatic heterocycles. The van der Waals surface area contributed by atoms with Gasteiger partial charge in [-0.15, -0.1) is 0 Å². The molecule has 0 aliphatic carbocycles.